The van der Waals surface area contributed by atoms with Crippen molar-refractivity contribution in [3.8, 4) is 0 Å². The van der Waals surface area contributed by atoms with Gasteiger partial charge in [0.1, 0.15) is 0 Å². The first-order valence-electron chi connectivity index (χ1n) is 10.1. The molecule has 0 saturated carbocycles. The van der Waals surface area contributed by atoms with Gasteiger partial charge >= 0.3 is 0 Å². The van der Waals surface area contributed by atoms with E-state index in [2.05, 4.69) is 13.8 Å². The van der Waals surface area contributed by atoms with Gasteiger partial charge in [0.2, 0.25) is 0 Å². The van der Waals surface area contributed by atoms with Crippen LogP contribution in [0.3, 0.4) is 0 Å². The molecule has 0 aromatic rings. The van der Waals surface area contributed by atoms with Gasteiger partial charge in [0.25, 0.3) is 0 Å². The fraction of sp³-hybridized carbons (Fsp3) is 1.00. The average molecular weight is 313 g/mol. The van der Waals surface area contributed by atoms with E-state index in [1.54, 1.807) is 0 Å². The highest BCUT2D eigenvalue weighted by Gasteiger charge is 1.99. The minimum atomic E-state index is 0.227. The van der Waals surface area contributed by atoms with Crippen molar-refractivity contribution in [2.75, 3.05) is 6.54 Å². The third kappa shape index (κ3) is 18.0. The topological polar surface area (TPSA) is 52.0 Å². The van der Waals surface area contributed by atoms with E-state index in [1.165, 1.54) is 89.9 Å². The first-order chi connectivity index (χ1) is 10.7. The van der Waals surface area contributed by atoms with Gasteiger partial charge < -0.3 is 11.5 Å². The van der Waals surface area contributed by atoms with E-state index >= 15 is 0 Å². The van der Waals surface area contributed by atoms with Crippen molar-refractivity contribution < 1.29 is 0 Å². The van der Waals surface area contributed by atoms with Crippen LogP contribution in [-0.2, 0) is 0 Å². The number of nitrogens with two attached hydrogens (primary N) is 2. The lowest BCUT2D eigenvalue weighted by Crippen LogP contribution is -2.29. The van der Waals surface area contributed by atoms with E-state index in [0.29, 0.717) is 6.54 Å². The zero-order chi connectivity index (χ0) is 16.5. The normalized spacial score (nSPS) is 13.0. The third-order valence-electron chi connectivity index (χ3n) is 4.66. The van der Waals surface area contributed by atoms with Crippen molar-refractivity contribution in [2.45, 2.75) is 116 Å². The van der Waals surface area contributed by atoms with Crippen LogP contribution in [0.1, 0.15) is 110 Å². The van der Waals surface area contributed by atoms with Gasteiger partial charge in [0.15, 0.2) is 0 Å². The Kier molecular flexibility index (Phi) is 17.2. The zero-order valence-corrected chi connectivity index (χ0v) is 15.6. The summed E-state index contributed by atoms with van der Waals surface area (Å²) < 4.78 is 0. The quantitative estimate of drug-likeness (QED) is 0.334. The van der Waals surface area contributed by atoms with E-state index in [4.69, 9.17) is 11.5 Å². The molecule has 0 rings (SSSR count). The number of hydrogen-bond acceptors (Lipinski definition) is 2. The SMILES string of the molecule is CC(C)CCCCCCCCCCCCCCCC(N)CN. The van der Waals surface area contributed by atoms with Crippen LogP contribution in [0.2, 0.25) is 0 Å². The molecule has 4 N–H and O–H groups in total. The van der Waals surface area contributed by atoms with Crippen molar-refractivity contribution in [2.24, 2.45) is 17.4 Å². The monoisotopic (exact) mass is 312 g/mol. The minimum Gasteiger partial charge on any atom is -0.329 e. The van der Waals surface area contributed by atoms with Gasteiger partial charge in [-0.15, -0.1) is 0 Å². The summed E-state index contributed by atoms with van der Waals surface area (Å²) in [6, 6.07) is 0.227. The summed E-state index contributed by atoms with van der Waals surface area (Å²) in [5.41, 5.74) is 11.3. The maximum absolute atomic E-state index is 5.81. The second kappa shape index (κ2) is 17.3. The lowest BCUT2D eigenvalue weighted by atomic mass is 10.0. The molecule has 22 heavy (non-hydrogen) atoms. The maximum Gasteiger partial charge on any atom is 0.0163 e. The van der Waals surface area contributed by atoms with Crippen LogP contribution >= 0.6 is 0 Å². The Balaban J connectivity index is 3.00. The molecule has 134 valence electrons. The molecule has 0 spiro atoms. The summed E-state index contributed by atoms with van der Waals surface area (Å²) >= 11 is 0. The summed E-state index contributed by atoms with van der Waals surface area (Å²) in [5.74, 6) is 0.886. The van der Waals surface area contributed by atoms with Gasteiger partial charge in [0, 0.05) is 12.6 Å². The molecule has 0 amide bonds. The van der Waals surface area contributed by atoms with Gasteiger partial charge in [0.05, 0.1) is 0 Å². The van der Waals surface area contributed by atoms with E-state index in [1.807, 2.05) is 0 Å². The lowest BCUT2D eigenvalue weighted by Gasteiger charge is -2.07. The molecule has 0 aliphatic carbocycles. The molecule has 2 heteroatoms. The zero-order valence-electron chi connectivity index (χ0n) is 15.6. The Morgan fingerprint density at radius 1 is 0.545 bits per heavy atom. The Bertz CT molecular complexity index is 204. The molecule has 1 atom stereocenters. The van der Waals surface area contributed by atoms with Gasteiger partial charge in [-0.05, 0) is 12.3 Å². The highest BCUT2D eigenvalue weighted by atomic mass is 14.7. The van der Waals surface area contributed by atoms with Crippen LogP contribution in [0.15, 0.2) is 0 Å². The summed E-state index contributed by atoms with van der Waals surface area (Å²) in [6.45, 7) is 5.29. The molecule has 0 heterocycles. The van der Waals surface area contributed by atoms with Crippen molar-refractivity contribution in [3.05, 3.63) is 0 Å². The largest absolute Gasteiger partial charge is 0.329 e. The Labute approximate surface area is 140 Å². The fourth-order valence-corrected chi connectivity index (χ4v) is 3.02. The molecule has 0 aromatic heterocycles. The second-order valence-corrected chi connectivity index (χ2v) is 7.56. The van der Waals surface area contributed by atoms with E-state index in [0.717, 1.165) is 12.3 Å². The maximum atomic E-state index is 5.81. The lowest BCUT2D eigenvalue weighted by molar-refractivity contribution is 0.500. The predicted molar refractivity (Wildman–Crippen MR) is 101 cm³/mol. The molecule has 1 unspecified atom stereocenters. The number of hydrogen-bond donors (Lipinski definition) is 2. The summed E-state index contributed by atoms with van der Waals surface area (Å²) in [4.78, 5) is 0. The minimum absolute atomic E-state index is 0.227. The highest BCUT2D eigenvalue weighted by Crippen LogP contribution is 2.14. The van der Waals surface area contributed by atoms with Crippen LogP contribution in [0, 0.1) is 5.92 Å². The van der Waals surface area contributed by atoms with E-state index < -0.39 is 0 Å². The molecule has 0 bridgehead atoms. The molecular weight excluding hydrogens is 268 g/mol. The Morgan fingerprint density at radius 3 is 1.18 bits per heavy atom. The van der Waals surface area contributed by atoms with Crippen LogP contribution in [-0.4, -0.2) is 12.6 Å². The molecule has 0 aliphatic heterocycles. The number of unbranched alkanes of at least 4 members (excludes halogenated alkanes) is 12. The third-order valence-corrected chi connectivity index (χ3v) is 4.66. The van der Waals surface area contributed by atoms with Crippen molar-refractivity contribution in [1.29, 1.82) is 0 Å². The standard InChI is InChI=1S/C20H44N2/c1-19(2)16-14-12-10-8-6-4-3-5-7-9-11-13-15-17-20(22)18-21/h19-20H,3-18,21-22H2,1-2H3. The molecule has 0 aliphatic rings. The Hall–Kier alpha value is -0.0800. The summed E-state index contributed by atoms with van der Waals surface area (Å²) in [6.07, 6.45) is 20.9. The van der Waals surface area contributed by atoms with Crippen molar-refractivity contribution >= 4 is 0 Å². The van der Waals surface area contributed by atoms with Crippen molar-refractivity contribution in [1.82, 2.24) is 0 Å². The summed E-state index contributed by atoms with van der Waals surface area (Å²) in [5, 5.41) is 0. The molecule has 0 radical (unpaired) electrons. The number of rotatable bonds is 17. The first-order valence-corrected chi connectivity index (χ1v) is 10.1. The van der Waals surface area contributed by atoms with Gasteiger partial charge in [-0.1, -0.05) is 104 Å². The Morgan fingerprint density at radius 2 is 0.864 bits per heavy atom. The van der Waals surface area contributed by atoms with Gasteiger partial charge in [-0.2, -0.15) is 0 Å². The van der Waals surface area contributed by atoms with Crippen LogP contribution in [0.4, 0.5) is 0 Å². The van der Waals surface area contributed by atoms with Crippen molar-refractivity contribution in [3.63, 3.8) is 0 Å². The van der Waals surface area contributed by atoms with Gasteiger partial charge in [-0.25, -0.2) is 0 Å². The van der Waals surface area contributed by atoms with E-state index in [-0.39, 0.29) is 6.04 Å². The van der Waals surface area contributed by atoms with Gasteiger partial charge in [-0.3, -0.25) is 0 Å². The predicted octanol–water partition coefficient (Wildman–Crippen LogP) is 5.78. The van der Waals surface area contributed by atoms with Crippen LogP contribution < -0.4 is 11.5 Å². The molecule has 2 nitrogen and oxygen atoms in total. The molecule has 0 aromatic carbocycles. The van der Waals surface area contributed by atoms with Crippen LogP contribution in [0.5, 0.6) is 0 Å². The molecule has 0 saturated heterocycles. The molecule has 0 fully saturated rings. The van der Waals surface area contributed by atoms with Crippen LogP contribution in [0.25, 0.3) is 0 Å². The van der Waals surface area contributed by atoms with E-state index in [9.17, 15) is 0 Å². The highest BCUT2D eigenvalue weighted by molar-refractivity contribution is 4.61. The average Bonchev–Trinajstić information content (AvgIpc) is 2.50. The first kappa shape index (κ1) is 21.9. The summed E-state index contributed by atoms with van der Waals surface area (Å²) in [7, 11) is 0. The molecular formula is C20H44N2. The smallest absolute Gasteiger partial charge is 0.0163 e. The fourth-order valence-electron chi connectivity index (χ4n) is 3.02. The second-order valence-electron chi connectivity index (χ2n) is 7.56.